The molecule has 0 aromatic heterocycles. The Hall–Kier alpha value is -1.53. The van der Waals surface area contributed by atoms with Gasteiger partial charge in [-0.3, -0.25) is 16.4 Å². The van der Waals surface area contributed by atoms with Crippen LogP contribution in [0.4, 0.5) is 10.1 Å². The monoisotopic (exact) mass is 478 g/mol. The molecule has 3 heterocycles. The first-order valence-corrected chi connectivity index (χ1v) is 12.8. The second-order valence-electron chi connectivity index (χ2n) is 9.73. The van der Waals surface area contributed by atoms with Crippen molar-refractivity contribution >= 4 is 5.69 Å². The van der Waals surface area contributed by atoms with Crippen LogP contribution in [0.15, 0.2) is 18.2 Å². The SMILES string of the molecule is CCN1CCCC1CN1C(N)N(CCN2CCCCC2)C(N)N(c2ccc(OC)c(F)c2)C1N. The summed E-state index contributed by atoms with van der Waals surface area (Å²) >= 11 is 0. The van der Waals surface area contributed by atoms with Crippen LogP contribution < -0.4 is 26.8 Å². The number of piperidine rings is 1. The van der Waals surface area contributed by atoms with E-state index in [1.807, 2.05) is 11.0 Å². The lowest BCUT2D eigenvalue weighted by atomic mass is 10.1. The van der Waals surface area contributed by atoms with Gasteiger partial charge in [-0.25, -0.2) is 14.2 Å². The van der Waals surface area contributed by atoms with Crippen molar-refractivity contribution in [3.8, 4) is 5.75 Å². The van der Waals surface area contributed by atoms with E-state index in [1.54, 1.807) is 6.07 Å². The summed E-state index contributed by atoms with van der Waals surface area (Å²) in [5.74, 6) is -0.239. The van der Waals surface area contributed by atoms with Crippen LogP contribution in [-0.4, -0.2) is 97.4 Å². The van der Waals surface area contributed by atoms with E-state index >= 15 is 0 Å². The number of methoxy groups -OCH3 is 1. The lowest BCUT2D eigenvalue weighted by Crippen LogP contribution is -2.79. The van der Waals surface area contributed by atoms with Crippen LogP contribution in [0.5, 0.6) is 5.75 Å². The highest BCUT2D eigenvalue weighted by atomic mass is 19.1. The Labute approximate surface area is 203 Å². The summed E-state index contributed by atoms with van der Waals surface area (Å²) < 4.78 is 19.8. The van der Waals surface area contributed by atoms with Gasteiger partial charge in [0.15, 0.2) is 11.6 Å². The highest BCUT2D eigenvalue weighted by molar-refractivity contribution is 5.51. The maximum absolute atomic E-state index is 14.6. The molecule has 192 valence electrons. The van der Waals surface area contributed by atoms with Crippen LogP contribution in [0.2, 0.25) is 0 Å². The number of halogens is 1. The number of likely N-dealkylation sites (N-methyl/N-ethyl adjacent to an activating group) is 1. The first kappa shape index (κ1) is 25.6. The van der Waals surface area contributed by atoms with E-state index in [9.17, 15) is 4.39 Å². The van der Waals surface area contributed by atoms with Crippen LogP contribution >= 0.6 is 0 Å². The van der Waals surface area contributed by atoms with Gasteiger partial charge in [-0.2, -0.15) is 0 Å². The summed E-state index contributed by atoms with van der Waals surface area (Å²) in [5, 5.41) is 0. The zero-order valence-electron chi connectivity index (χ0n) is 20.8. The van der Waals surface area contributed by atoms with Gasteiger partial charge in [0.05, 0.1) is 7.11 Å². The van der Waals surface area contributed by atoms with E-state index in [1.165, 1.54) is 38.9 Å². The van der Waals surface area contributed by atoms with Gasteiger partial charge >= 0.3 is 0 Å². The van der Waals surface area contributed by atoms with E-state index in [-0.39, 0.29) is 5.75 Å². The average molecular weight is 479 g/mol. The predicted molar refractivity (Wildman–Crippen MR) is 133 cm³/mol. The minimum atomic E-state index is -0.566. The fourth-order valence-electron chi connectivity index (χ4n) is 5.78. The van der Waals surface area contributed by atoms with Gasteiger partial charge in [0.1, 0.15) is 18.9 Å². The summed E-state index contributed by atoms with van der Waals surface area (Å²) in [7, 11) is 1.46. The van der Waals surface area contributed by atoms with E-state index in [2.05, 4.69) is 26.5 Å². The molecule has 1 aromatic carbocycles. The van der Waals surface area contributed by atoms with Crippen molar-refractivity contribution in [1.82, 2.24) is 19.6 Å². The van der Waals surface area contributed by atoms with Gasteiger partial charge in [0, 0.05) is 37.4 Å². The second-order valence-corrected chi connectivity index (χ2v) is 9.73. The van der Waals surface area contributed by atoms with Crippen molar-refractivity contribution in [2.45, 2.75) is 63.9 Å². The van der Waals surface area contributed by atoms with Crippen LogP contribution in [0.25, 0.3) is 0 Å². The number of nitrogens with zero attached hydrogens (tertiary/aromatic N) is 5. The van der Waals surface area contributed by atoms with Gasteiger partial charge in [-0.05, 0) is 64.0 Å². The Morgan fingerprint density at radius 3 is 2.35 bits per heavy atom. The largest absolute Gasteiger partial charge is 0.494 e. The van der Waals surface area contributed by atoms with E-state index in [4.69, 9.17) is 21.9 Å². The maximum atomic E-state index is 14.6. The molecule has 0 aliphatic carbocycles. The minimum absolute atomic E-state index is 0.197. The molecule has 34 heavy (non-hydrogen) atoms. The van der Waals surface area contributed by atoms with Gasteiger partial charge in [0.25, 0.3) is 0 Å². The number of ether oxygens (including phenoxy) is 1. The van der Waals surface area contributed by atoms with Crippen molar-refractivity contribution in [3.05, 3.63) is 24.0 Å². The van der Waals surface area contributed by atoms with Crippen LogP contribution in [0, 0.1) is 5.82 Å². The molecule has 4 atom stereocenters. The maximum Gasteiger partial charge on any atom is 0.167 e. The molecular formula is C24H43FN8O. The van der Waals surface area contributed by atoms with Crippen molar-refractivity contribution in [2.24, 2.45) is 17.2 Å². The molecule has 3 fully saturated rings. The third kappa shape index (κ3) is 5.33. The zero-order chi connectivity index (χ0) is 24.2. The number of hydrogen-bond acceptors (Lipinski definition) is 9. The molecule has 3 aliphatic heterocycles. The normalized spacial score (nSPS) is 30.2. The third-order valence-corrected chi connectivity index (χ3v) is 7.81. The molecule has 10 heteroatoms. The van der Waals surface area contributed by atoms with Crippen molar-refractivity contribution in [1.29, 1.82) is 0 Å². The van der Waals surface area contributed by atoms with Gasteiger partial charge in [-0.15, -0.1) is 0 Å². The van der Waals surface area contributed by atoms with Crippen molar-refractivity contribution in [2.75, 3.05) is 57.8 Å². The molecule has 3 saturated heterocycles. The van der Waals surface area contributed by atoms with Gasteiger partial charge < -0.3 is 20.3 Å². The lowest BCUT2D eigenvalue weighted by Gasteiger charge is -2.56. The van der Waals surface area contributed by atoms with E-state index in [0.29, 0.717) is 11.7 Å². The third-order valence-electron chi connectivity index (χ3n) is 7.81. The Balaban J connectivity index is 1.59. The summed E-state index contributed by atoms with van der Waals surface area (Å²) in [6.45, 7) is 8.91. The van der Waals surface area contributed by atoms with E-state index < -0.39 is 24.7 Å². The van der Waals surface area contributed by atoms with Crippen LogP contribution in [0.1, 0.15) is 39.0 Å². The Kier molecular flexibility index (Phi) is 8.62. The van der Waals surface area contributed by atoms with Crippen molar-refractivity contribution in [3.63, 3.8) is 0 Å². The molecule has 0 saturated carbocycles. The first-order chi connectivity index (χ1) is 16.4. The molecule has 3 aliphatic rings. The predicted octanol–water partition coefficient (Wildman–Crippen LogP) is 0.955. The second kappa shape index (κ2) is 11.5. The van der Waals surface area contributed by atoms with Crippen LogP contribution in [0.3, 0.4) is 0 Å². The highest BCUT2D eigenvalue weighted by Crippen LogP contribution is 2.31. The fraction of sp³-hybridized carbons (Fsp3) is 0.750. The number of likely N-dealkylation sites (tertiary alicyclic amines) is 2. The standard InChI is InChI=1S/C24H43FN8O/c1-3-30-13-7-8-19(30)17-32-22(26)31(15-14-29-11-5-4-6-12-29)23(27)33(24(32)28)18-9-10-21(34-2)20(25)16-18/h9-10,16,19,22-24H,3-8,11-15,17,26-28H2,1-2H3. The fourth-order valence-corrected chi connectivity index (χ4v) is 5.78. The first-order valence-electron chi connectivity index (χ1n) is 12.8. The lowest BCUT2D eigenvalue weighted by molar-refractivity contribution is -0.0708. The molecule has 4 unspecified atom stereocenters. The quantitative estimate of drug-likeness (QED) is 0.504. The summed E-state index contributed by atoms with van der Waals surface area (Å²) in [6, 6.07) is 5.28. The number of hydrogen-bond donors (Lipinski definition) is 3. The summed E-state index contributed by atoms with van der Waals surface area (Å²) in [6.07, 6.45) is 4.54. The Bertz CT molecular complexity index is 794. The molecule has 9 nitrogen and oxygen atoms in total. The summed E-state index contributed by atoms with van der Waals surface area (Å²) in [4.78, 5) is 11.1. The molecule has 0 bridgehead atoms. The van der Waals surface area contributed by atoms with E-state index in [0.717, 1.165) is 52.2 Å². The summed E-state index contributed by atoms with van der Waals surface area (Å²) in [5.41, 5.74) is 21.0. The average Bonchev–Trinajstić information content (AvgIpc) is 3.30. The molecule has 6 N–H and O–H groups in total. The molecular weight excluding hydrogens is 435 g/mol. The Morgan fingerprint density at radius 1 is 0.941 bits per heavy atom. The van der Waals surface area contributed by atoms with Gasteiger partial charge in [0.2, 0.25) is 0 Å². The minimum Gasteiger partial charge on any atom is -0.494 e. The topological polar surface area (TPSA) is 103 Å². The molecule has 1 aromatic rings. The van der Waals surface area contributed by atoms with Crippen molar-refractivity contribution < 1.29 is 9.13 Å². The molecule has 4 rings (SSSR count). The number of nitrogens with two attached hydrogens (primary N) is 3. The molecule has 0 spiro atoms. The number of rotatable bonds is 8. The Morgan fingerprint density at radius 2 is 1.68 bits per heavy atom. The number of anilines is 1. The molecule has 0 amide bonds. The molecule has 0 radical (unpaired) electrons. The van der Waals surface area contributed by atoms with Gasteiger partial charge in [-0.1, -0.05) is 13.3 Å². The van der Waals surface area contributed by atoms with Crippen LogP contribution in [-0.2, 0) is 0 Å². The number of benzene rings is 1. The smallest absolute Gasteiger partial charge is 0.167 e. The zero-order valence-corrected chi connectivity index (χ0v) is 20.8. The highest BCUT2D eigenvalue weighted by Gasteiger charge is 2.43.